The minimum atomic E-state index is -0.393. The van der Waals surface area contributed by atoms with Gasteiger partial charge >= 0.3 is 0 Å². The molecule has 112 valence electrons. The van der Waals surface area contributed by atoms with Crippen LogP contribution in [0.4, 0.5) is 4.39 Å². The van der Waals surface area contributed by atoms with Crippen molar-refractivity contribution in [3.63, 3.8) is 0 Å². The Kier molecular flexibility index (Phi) is 4.99. The summed E-state index contributed by atoms with van der Waals surface area (Å²) in [5.74, 6) is 0.367. The molecule has 0 bridgehead atoms. The summed E-state index contributed by atoms with van der Waals surface area (Å²) in [6.45, 7) is 9.70. The van der Waals surface area contributed by atoms with Gasteiger partial charge in [0.2, 0.25) is 0 Å². The van der Waals surface area contributed by atoms with Crippen LogP contribution in [0.15, 0.2) is 12.1 Å². The summed E-state index contributed by atoms with van der Waals surface area (Å²) in [5.41, 5.74) is 1.19. The first-order valence-corrected chi connectivity index (χ1v) is 7.88. The first kappa shape index (κ1) is 16.1. The molecule has 0 radical (unpaired) electrons. The number of piperidine rings is 1. The van der Waals surface area contributed by atoms with Crippen molar-refractivity contribution in [2.75, 3.05) is 13.1 Å². The maximum absolute atomic E-state index is 13.5. The van der Waals surface area contributed by atoms with Crippen LogP contribution in [0.2, 0.25) is 10.0 Å². The molecule has 2 rings (SSSR count). The normalized spacial score (nSPS) is 18.5. The molecule has 0 aromatic heterocycles. The van der Waals surface area contributed by atoms with Crippen molar-refractivity contribution in [1.82, 2.24) is 4.90 Å². The Balaban J connectivity index is 1.98. The van der Waals surface area contributed by atoms with Crippen LogP contribution in [0.5, 0.6) is 0 Å². The van der Waals surface area contributed by atoms with Gasteiger partial charge < -0.3 is 0 Å². The minimum absolute atomic E-state index is 0.0881. The molecule has 0 atom stereocenters. The van der Waals surface area contributed by atoms with Gasteiger partial charge in [-0.05, 0) is 55.0 Å². The van der Waals surface area contributed by atoms with Gasteiger partial charge in [-0.3, -0.25) is 4.90 Å². The molecule has 0 N–H and O–H groups in total. The largest absolute Gasteiger partial charge is 0.299 e. The van der Waals surface area contributed by atoms with Crippen LogP contribution in [0.25, 0.3) is 0 Å². The first-order valence-electron chi connectivity index (χ1n) is 7.13. The topological polar surface area (TPSA) is 3.24 Å². The first-order chi connectivity index (χ1) is 9.27. The summed E-state index contributed by atoms with van der Waals surface area (Å²) in [6.07, 6.45) is 2.38. The van der Waals surface area contributed by atoms with E-state index in [2.05, 4.69) is 25.7 Å². The van der Waals surface area contributed by atoms with Crippen LogP contribution in [0.3, 0.4) is 0 Å². The van der Waals surface area contributed by atoms with Gasteiger partial charge in [-0.25, -0.2) is 4.39 Å². The van der Waals surface area contributed by atoms with Gasteiger partial charge in [-0.15, -0.1) is 0 Å². The molecule has 1 saturated heterocycles. The van der Waals surface area contributed by atoms with E-state index in [1.54, 1.807) is 0 Å². The number of hydrogen-bond donors (Lipinski definition) is 0. The monoisotopic (exact) mass is 317 g/mol. The molecule has 1 heterocycles. The van der Waals surface area contributed by atoms with Crippen molar-refractivity contribution in [2.24, 2.45) is 11.3 Å². The van der Waals surface area contributed by atoms with Crippen molar-refractivity contribution in [3.05, 3.63) is 33.6 Å². The van der Waals surface area contributed by atoms with E-state index in [9.17, 15) is 4.39 Å². The minimum Gasteiger partial charge on any atom is -0.299 e. The van der Waals surface area contributed by atoms with E-state index in [0.717, 1.165) is 24.6 Å². The fourth-order valence-corrected chi connectivity index (χ4v) is 3.33. The van der Waals surface area contributed by atoms with E-state index >= 15 is 0 Å². The lowest BCUT2D eigenvalue weighted by Gasteiger charge is -2.38. The van der Waals surface area contributed by atoms with Crippen LogP contribution < -0.4 is 0 Å². The number of benzene rings is 1. The molecule has 0 spiro atoms. The van der Waals surface area contributed by atoms with Crippen LogP contribution in [0.1, 0.15) is 39.2 Å². The summed E-state index contributed by atoms with van der Waals surface area (Å²) in [5, 5.41) is 0.638. The van der Waals surface area contributed by atoms with E-state index in [1.165, 1.54) is 25.0 Å². The van der Waals surface area contributed by atoms with Gasteiger partial charge in [-0.1, -0.05) is 44.0 Å². The Morgan fingerprint density at radius 3 is 2.30 bits per heavy atom. The molecule has 1 fully saturated rings. The summed E-state index contributed by atoms with van der Waals surface area (Å²) in [4.78, 5) is 2.34. The quantitative estimate of drug-likeness (QED) is 0.661. The number of rotatable bonds is 2. The fourth-order valence-electron chi connectivity index (χ4n) is 2.88. The Hall–Kier alpha value is -0.310. The molecule has 1 aliphatic heterocycles. The van der Waals surface area contributed by atoms with Crippen LogP contribution >= 0.6 is 23.2 Å². The molecule has 4 heteroatoms. The third-order valence-corrected chi connectivity index (χ3v) is 4.94. The number of halogens is 3. The van der Waals surface area contributed by atoms with Gasteiger partial charge in [0.05, 0.1) is 5.02 Å². The highest BCUT2D eigenvalue weighted by molar-refractivity contribution is 6.35. The fraction of sp³-hybridized carbons (Fsp3) is 0.625. The molecule has 0 unspecified atom stereocenters. The second-order valence-electron chi connectivity index (χ2n) is 6.77. The highest BCUT2D eigenvalue weighted by Crippen LogP contribution is 2.35. The van der Waals surface area contributed by atoms with Crippen molar-refractivity contribution >= 4 is 23.2 Å². The third-order valence-electron chi connectivity index (χ3n) is 4.30. The summed E-state index contributed by atoms with van der Waals surface area (Å²) in [7, 11) is 0. The van der Waals surface area contributed by atoms with Gasteiger partial charge in [-0.2, -0.15) is 0 Å². The predicted molar refractivity (Wildman–Crippen MR) is 83.9 cm³/mol. The lowest BCUT2D eigenvalue weighted by atomic mass is 9.75. The summed E-state index contributed by atoms with van der Waals surface area (Å²) in [6, 6.07) is 2.95. The van der Waals surface area contributed by atoms with Crippen LogP contribution in [0, 0.1) is 17.2 Å². The average molecular weight is 318 g/mol. The molecular formula is C16H22Cl2FN. The Bertz CT molecular complexity index is 474. The zero-order valence-corrected chi connectivity index (χ0v) is 13.9. The molecule has 1 aliphatic rings. The number of nitrogens with zero attached hydrogens (tertiary/aromatic N) is 1. The van der Waals surface area contributed by atoms with Gasteiger partial charge in [0, 0.05) is 11.6 Å². The predicted octanol–water partition coefficient (Wildman–Crippen LogP) is 5.39. The Morgan fingerprint density at radius 2 is 1.75 bits per heavy atom. The zero-order valence-electron chi connectivity index (χ0n) is 12.3. The average Bonchev–Trinajstić information content (AvgIpc) is 2.35. The van der Waals surface area contributed by atoms with Crippen molar-refractivity contribution < 1.29 is 4.39 Å². The number of hydrogen-bond acceptors (Lipinski definition) is 1. The lowest BCUT2D eigenvalue weighted by molar-refractivity contribution is 0.108. The highest BCUT2D eigenvalue weighted by atomic mass is 35.5. The van der Waals surface area contributed by atoms with Gasteiger partial charge in [0.25, 0.3) is 0 Å². The molecule has 1 aromatic rings. The smallest absolute Gasteiger partial charge is 0.142 e. The van der Waals surface area contributed by atoms with Crippen LogP contribution in [-0.2, 0) is 6.54 Å². The molecule has 1 aromatic carbocycles. The van der Waals surface area contributed by atoms with Crippen molar-refractivity contribution in [3.8, 4) is 0 Å². The van der Waals surface area contributed by atoms with E-state index < -0.39 is 5.82 Å². The second kappa shape index (κ2) is 6.21. The highest BCUT2D eigenvalue weighted by Gasteiger charge is 2.28. The van der Waals surface area contributed by atoms with Crippen molar-refractivity contribution in [1.29, 1.82) is 0 Å². The zero-order chi connectivity index (χ0) is 14.9. The van der Waals surface area contributed by atoms with Gasteiger partial charge in [0.15, 0.2) is 0 Å². The standard InChI is InChI=1S/C16H22Cl2FN/c1-16(2,3)12-4-6-20(7-5-12)10-11-8-15(19)14(18)9-13(11)17/h8-9,12H,4-7,10H2,1-3H3. The SMILES string of the molecule is CC(C)(C)C1CCN(Cc2cc(F)c(Cl)cc2Cl)CC1. The number of likely N-dealkylation sites (tertiary alicyclic amines) is 1. The van der Waals surface area contributed by atoms with Crippen LogP contribution in [-0.4, -0.2) is 18.0 Å². The summed E-state index contributed by atoms with van der Waals surface area (Å²) >= 11 is 11.9. The third kappa shape index (κ3) is 3.87. The van der Waals surface area contributed by atoms with Crippen molar-refractivity contribution in [2.45, 2.75) is 40.2 Å². The van der Waals surface area contributed by atoms with Gasteiger partial charge in [0.1, 0.15) is 5.82 Å². The maximum Gasteiger partial charge on any atom is 0.142 e. The summed E-state index contributed by atoms with van der Waals surface area (Å²) < 4.78 is 13.5. The van der Waals surface area contributed by atoms with E-state index in [-0.39, 0.29) is 5.02 Å². The molecular weight excluding hydrogens is 296 g/mol. The molecule has 1 nitrogen and oxygen atoms in total. The molecule has 0 saturated carbocycles. The maximum atomic E-state index is 13.5. The Morgan fingerprint density at radius 1 is 1.15 bits per heavy atom. The van der Waals surface area contributed by atoms with E-state index in [4.69, 9.17) is 23.2 Å². The molecule has 20 heavy (non-hydrogen) atoms. The molecule has 0 amide bonds. The second-order valence-corrected chi connectivity index (χ2v) is 7.59. The Labute approximate surface area is 131 Å². The molecule has 0 aliphatic carbocycles. The van der Waals surface area contributed by atoms with E-state index in [0.29, 0.717) is 17.0 Å². The lowest BCUT2D eigenvalue weighted by Crippen LogP contribution is -2.37. The van der Waals surface area contributed by atoms with E-state index in [1.807, 2.05) is 0 Å².